The topological polar surface area (TPSA) is 72.9 Å². The first-order chi connectivity index (χ1) is 13.8. The van der Waals surface area contributed by atoms with Crippen LogP contribution >= 0.6 is 12.2 Å². The smallest absolute Gasteiger partial charge is 0.270 e. The Morgan fingerprint density at radius 2 is 1.76 bits per heavy atom. The third-order valence-electron chi connectivity index (χ3n) is 4.84. The summed E-state index contributed by atoms with van der Waals surface area (Å²) in [6.45, 7) is 7.62. The molecule has 29 heavy (non-hydrogen) atoms. The highest BCUT2D eigenvalue weighted by Gasteiger charge is 2.34. The molecule has 0 spiro atoms. The fraction of sp³-hybridized carbons (Fsp3) is 0.227. The van der Waals surface area contributed by atoms with E-state index in [0.717, 1.165) is 24.3 Å². The number of carbonyl (C=O) groups is 2. The minimum Gasteiger partial charge on any atom is -0.507 e. The number of hydrogen-bond acceptors (Lipinski definition) is 5. The molecule has 2 N–H and O–H groups in total. The highest BCUT2D eigenvalue weighted by atomic mass is 32.1. The second kappa shape index (κ2) is 8.45. The van der Waals surface area contributed by atoms with Gasteiger partial charge in [-0.05, 0) is 63.3 Å². The minimum atomic E-state index is -0.587. The summed E-state index contributed by atoms with van der Waals surface area (Å²) in [6, 6.07) is 12.4. The van der Waals surface area contributed by atoms with E-state index in [1.54, 1.807) is 24.3 Å². The Kier molecular flexibility index (Phi) is 5.98. The quantitative estimate of drug-likeness (QED) is 0.450. The normalized spacial score (nSPS) is 15.6. The lowest BCUT2D eigenvalue weighted by atomic mass is 10.1. The molecule has 0 saturated carbocycles. The number of phenols is 1. The van der Waals surface area contributed by atoms with Crippen LogP contribution < -0.4 is 15.1 Å². The summed E-state index contributed by atoms with van der Waals surface area (Å²) in [5, 5.41) is 13.0. The van der Waals surface area contributed by atoms with Crippen LogP contribution in [0.4, 0.5) is 11.4 Å². The first-order valence-corrected chi connectivity index (χ1v) is 9.82. The first kappa shape index (κ1) is 20.5. The standard InChI is InChI=1S/C22H23N3O3S/c1-4-24(5-2)17-11-8-15(19(26)13-17)12-18-20(27)23-22(29)25(21(18)28)16-9-6-14(3)7-10-16/h6-13,26H,4-5H2,1-3H3,(H,23,27,29). The number of phenolic OH excluding ortho intramolecular Hbond substituents is 1. The van der Waals surface area contributed by atoms with E-state index in [4.69, 9.17) is 12.2 Å². The van der Waals surface area contributed by atoms with Gasteiger partial charge in [0.05, 0.1) is 5.69 Å². The van der Waals surface area contributed by atoms with E-state index in [1.807, 2.05) is 39.0 Å². The van der Waals surface area contributed by atoms with Gasteiger partial charge in [-0.1, -0.05) is 17.7 Å². The number of thiocarbonyl (C=S) groups is 1. The minimum absolute atomic E-state index is 0.00228. The zero-order valence-electron chi connectivity index (χ0n) is 16.6. The van der Waals surface area contributed by atoms with Gasteiger partial charge in [-0.25, -0.2) is 0 Å². The second-order valence-electron chi connectivity index (χ2n) is 6.71. The van der Waals surface area contributed by atoms with E-state index in [-0.39, 0.29) is 16.4 Å². The lowest BCUT2D eigenvalue weighted by Gasteiger charge is -2.29. The molecule has 150 valence electrons. The number of amides is 2. The van der Waals surface area contributed by atoms with E-state index < -0.39 is 11.8 Å². The van der Waals surface area contributed by atoms with Crippen LogP contribution in [0.15, 0.2) is 48.0 Å². The number of anilines is 2. The van der Waals surface area contributed by atoms with Crippen LogP contribution in [0.25, 0.3) is 6.08 Å². The third kappa shape index (κ3) is 4.14. The van der Waals surface area contributed by atoms with Gasteiger partial charge in [-0.2, -0.15) is 0 Å². The fourth-order valence-electron chi connectivity index (χ4n) is 3.18. The van der Waals surface area contributed by atoms with Crippen molar-refractivity contribution in [3.05, 3.63) is 59.2 Å². The number of hydrogen-bond donors (Lipinski definition) is 2. The highest BCUT2D eigenvalue weighted by Crippen LogP contribution is 2.28. The molecule has 1 heterocycles. The Morgan fingerprint density at radius 1 is 1.10 bits per heavy atom. The van der Waals surface area contributed by atoms with Gasteiger partial charge < -0.3 is 10.0 Å². The zero-order valence-corrected chi connectivity index (χ0v) is 17.4. The van der Waals surface area contributed by atoms with Crippen molar-refractivity contribution in [2.45, 2.75) is 20.8 Å². The summed E-state index contributed by atoms with van der Waals surface area (Å²) in [5.74, 6) is -1.12. The Morgan fingerprint density at radius 3 is 2.34 bits per heavy atom. The number of aryl methyl sites for hydroxylation is 1. The van der Waals surface area contributed by atoms with Crippen LogP contribution in [0.5, 0.6) is 5.75 Å². The molecule has 0 unspecified atom stereocenters. The van der Waals surface area contributed by atoms with Crippen LogP contribution in [0, 0.1) is 6.92 Å². The van der Waals surface area contributed by atoms with Crippen molar-refractivity contribution < 1.29 is 14.7 Å². The maximum Gasteiger partial charge on any atom is 0.270 e. The molecule has 2 aromatic rings. The molecule has 2 amide bonds. The molecule has 1 fully saturated rings. The Bertz CT molecular complexity index is 995. The van der Waals surface area contributed by atoms with Crippen molar-refractivity contribution in [1.29, 1.82) is 0 Å². The highest BCUT2D eigenvalue weighted by molar-refractivity contribution is 7.80. The number of benzene rings is 2. The third-order valence-corrected chi connectivity index (χ3v) is 5.12. The molecule has 0 radical (unpaired) electrons. The molecule has 6 nitrogen and oxygen atoms in total. The molecule has 7 heteroatoms. The average molecular weight is 410 g/mol. The molecule has 2 aromatic carbocycles. The van der Waals surface area contributed by atoms with Gasteiger partial charge in [0.1, 0.15) is 11.3 Å². The van der Waals surface area contributed by atoms with E-state index >= 15 is 0 Å². The molecule has 0 aromatic heterocycles. The predicted molar refractivity (Wildman–Crippen MR) is 119 cm³/mol. The summed E-state index contributed by atoms with van der Waals surface area (Å²) in [4.78, 5) is 28.8. The van der Waals surface area contributed by atoms with Crippen molar-refractivity contribution in [2.24, 2.45) is 0 Å². The van der Waals surface area contributed by atoms with E-state index in [2.05, 4.69) is 10.2 Å². The molecular weight excluding hydrogens is 386 g/mol. The Hall–Kier alpha value is -3.19. The van der Waals surface area contributed by atoms with Gasteiger partial charge in [-0.15, -0.1) is 0 Å². The van der Waals surface area contributed by atoms with Crippen LogP contribution in [0.1, 0.15) is 25.0 Å². The monoisotopic (exact) mass is 409 g/mol. The lowest BCUT2D eigenvalue weighted by Crippen LogP contribution is -2.54. The average Bonchev–Trinajstić information content (AvgIpc) is 2.69. The van der Waals surface area contributed by atoms with Gasteiger partial charge in [0.2, 0.25) is 0 Å². The summed E-state index contributed by atoms with van der Waals surface area (Å²) in [7, 11) is 0. The van der Waals surface area contributed by atoms with Crippen LogP contribution in [-0.4, -0.2) is 35.1 Å². The maximum atomic E-state index is 13.0. The molecule has 1 aliphatic heterocycles. The van der Waals surface area contributed by atoms with Crippen LogP contribution in [0.3, 0.4) is 0 Å². The van der Waals surface area contributed by atoms with Crippen molar-refractivity contribution in [3.63, 3.8) is 0 Å². The van der Waals surface area contributed by atoms with E-state index in [9.17, 15) is 14.7 Å². The van der Waals surface area contributed by atoms with Gasteiger partial charge in [0.15, 0.2) is 5.11 Å². The molecule has 0 atom stereocenters. The van der Waals surface area contributed by atoms with Crippen molar-refractivity contribution in [3.8, 4) is 5.75 Å². The second-order valence-corrected chi connectivity index (χ2v) is 7.10. The van der Waals surface area contributed by atoms with Gasteiger partial charge >= 0.3 is 0 Å². The lowest BCUT2D eigenvalue weighted by molar-refractivity contribution is -0.122. The fourth-order valence-corrected chi connectivity index (χ4v) is 3.46. The van der Waals surface area contributed by atoms with Gasteiger partial charge in [0, 0.05) is 30.4 Å². The summed E-state index contributed by atoms with van der Waals surface area (Å²) in [5.41, 5.74) is 2.78. The molecule has 3 rings (SSSR count). The number of aromatic hydroxyl groups is 1. The van der Waals surface area contributed by atoms with Crippen molar-refractivity contribution in [2.75, 3.05) is 22.9 Å². The summed E-state index contributed by atoms with van der Waals surface area (Å²) in [6.07, 6.45) is 1.39. The van der Waals surface area contributed by atoms with E-state index in [0.29, 0.717) is 11.3 Å². The number of nitrogens with one attached hydrogen (secondary N) is 1. The molecule has 1 saturated heterocycles. The Labute approximate surface area is 175 Å². The van der Waals surface area contributed by atoms with E-state index in [1.165, 1.54) is 11.0 Å². The largest absolute Gasteiger partial charge is 0.507 e. The summed E-state index contributed by atoms with van der Waals surface area (Å²) >= 11 is 5.20. The van der Waals surface area contributed by atoms with Gasteiger partial charge in [-0.3, -0.25) is 19.8 Å². The van der Waals surface area contributed by atoms with Crippen molar-refractivity contribution in [1.82, 2.24) is 5.32 Å². The first-order valence-electron chi connectivity index (χ1n) is 9.41. The maximum absolute atomic E-state index is 13.0. The number of nitrogens with zero attached hydrogens (tertiary/aromatic N) is 2. The van der Waals surface area contributed by atoms with Crippen LogP contribution in [0.2, 0.25) is 0 Å². The van der Waals surface area contributed by atoms with Gasteiger partial charge in [0.25, 0.3) is 11.8 Å². The predicted octanol–water partition coefficient (Wildman–Crippen LogP) is 3.38. The SMILES string of the molecule is CCN(CC)c1ccc(C=C2C(=O)NC(=S)N(c3ccc(C)cc3)C2=O)c(O)c1. The zero-order chi connectivity index (χ0) is 21.1. The van der Waals surface area contributed by atoms with Crippen molar-refractivity contribution >= 4 is 46.6 Å². The molecular formula is C22H23N3O3S. The molecule has 0 bridgehead atoms. The molecule has 0 aliphatic carbocycles. The molecule has 1 aliphatic rings. The van der Waals surface area contributed by atoms with Crippen LogP contribution in [-0.2, 0) is 9.59 Å². The summed E-state index contributed by atoms with van der Waals surface area (Å²) < 4.78 is 0. The Balaban J connectivity index is 1.97. The number of rotatable bonds is 5. The number of carbonyl (C=O) groups excluding carboxylic acids is 2.